The summed E-state index contributed by atoms with van der Waals surface area (Å²) < 4.78 is 0. The molecule has 4 heteroatoms. The zero-order valence-electron chi connectivity index (χ0n) is 13.0. The van der Waals surface area contributed by atoms with Crippen LogP contribution >= 0.6 is 0 Å². The Labute approximate surface area is 127 Å². The first-order valence-corrected chi connectivity index (χ1v) is 7.66. The van der Waals surface area contributed by atoms with Crippen LogP contribution in [0.25, 0.3) is 6.08 Å². The molecular weight excluding hydrogens is 262 g/mol. The van der Waals surface area contributed by atoms with Crippen molar-refractivity contribution in [1.29, 1.82) is 0 Å². The number of rotatable bonds is 4. The van der Waals surface area contributed by atoms with Crippen LogP contribution in [0.3, 0.4) is 0 Å². The standard InChI is InChI=1S/C17H25N3O/c1-19(2)18-17(21)12-9-15-7-10-16(11-8-15)20-13-5-3-4-6-14-20/h7-12H,3-6,13-14H2,1-2H3,(H,18,21)/b12-9+. The molecule has 1 aliphatic heterocycles. The van der Waals surface area contributed by atoms with E-state index in [-0.39, 0.29) is 5.91 Å². The van der Waals surface area contributed by atoms with E-state index in [0.717, 1.165) is 18.7 Å². The molecule has 1 aromatic rings. The molecule has 1 saturated heterocycles. The number of anilines is 1. The molecule has 1 aliphatic rings. The quantitative estimate of drug-likeness (QED) is 0.683. The Balaban J connectivity index is 1.95. The van der Waals surface area contributed by atoms with Gasteiger partial charge in [-0.3, -0.25) is 10.2 Å². The maximum Gasteiger partial charge on any atom is 0.258 e. The van der Waals surface area contributed by atoms with Crippen LogP contribution in [0.5, 0.6) is 0 Å². The molecule has 1 fully saturated rings. The minimum Gasteiger partial charge on any atom is -0.372 e. The highest BCUT2D eigenvalue weighted by Gasteiger charge is 2.09. The van der Waals surface area contributed by atoms with Gasteiger partial charge >= 0.3 is 0 Å². The Bertz CT molecular complexity index is 471. The first kappa shape index (κ1) is 15.6. The van der Waals surface area contributed by atoms with Crippen LogP contribution in [0.15, 0.2) is 30.3 Å². The number of nitrogens with zero attached hydrogens (tertiary/aromatic N) is 2. The second-order valence-corrected chi connectivity index (χ2v) is 5.70. The van der Waals surface area contributed by atoms with E-state index in [2.05, 4.69) is 34.6 Å². The van der Waals surface area contributed by atoms with E-state index in [9.17, 15) is 4.79 Å². The van der Waals surface area contributed by atoms with Crippen LogP contribution in [0.2, 0.25) is 0 Å². The van der Waals surface area contributed by atoms with Crippen LogP contribution in [-0.2, 0) is 4.79 Å². The van der Waals surface area contributed by atoms with Gasteiger partial charge in [0.25, 0.3) is 5.91 Å². The predicted molar refractivity (Wildman–Crippen MR) is 88.0 cm³/mol. The van der Waals surface area contributed by atoms with E-state index in [4.69, 9.17) is 0 Å². The number of carbonyl (C=O) groups is 1. The molecular formula is C17H25N3O. The van der Waals surface area contributed by atoms with Gasteiger partial charge in [-0.05, 0) is 36.6 Å². The highest BCUT2D eigenvalue weighted by atomic mass is 16.2. The molecule has 21 heavy (non-hydrogen) atoms. The molecule has 1 N–H and O–H groups in total. The molecule has 0 aliphatic carbocycles. The topological polar surface area (TPSA) is 35.6 Å². The van der Waals surface area contributed by atoms with Gasteiger partial charge in [-0.15, -0.1) is 0 Å². The van der Waals surface area contributed by atoms with Gasteiger partial charge in [-0.25, -0.2) is 5.01 Å². The number of hydrogen-bond donors (Lipinski definition) is 1. The second kappa shape index (κ2) is 7.84. The summed E-state index contributed by atoms with van der Waals surface area (Å²) in [6, 6.07) is 8.43. The average Bonchev–Trinajstić information content (AvgIpc) is 2.74. The Hall–Kier alpha value is -1.81. The fourth-order valence-corrected chi connectivity index (χ4v) is 2.55. The summed E-state index contributed by atoms with van der Waals surface area (Å²) in [6.45, 7) is 2.31. The van der Waals surface area contributed by atoms with Crippen LogP contribution in [0, 0.1) is 0 Å². The van der Waals surface area contributed by atoms with Crippen LogP contribution < -0.4 is 10.3 Å². The maximum absolute atomic E-state index is 11.5. The highest BCUT2D eigenvalue weighted by molar-refractivity contribution is 5.91. The second-order valence-electron chi connectivity index (χ2n) is 5.70. The van der Waals surface area contributed by atoms with Crippen molar-refractivity contribution in [3.63, 3.8) is 0 Å². The van der Waals surface area contributed by atoms with Crippen molar-refractivity contribution in [2.24, 2.45) is 0 Å². The summed E-state index contributed by atoms with van der Waals surface area (Å²) in [5, 5.41) is 1.63. The average molecular weight is 287 g/mol. The number of nitrogens with one attached hydrogen (secondary N) is 1. The number of carbonyl (C=O) groups excluding carboxylic acids is 1. The summed E-state index contributed by atoms with van der Waals surface area (Å²) in [6.07, 6.45) is 8.65. The SMILES string of the molecule is CN(C)NC(=O)/C=C/c1ccc(N2CCCCCC2)cc1. The number of benzene rings is 1. The smallest absolute Gasteiger partial charge is 0.258 e. The fraction of sp³-hybridized carbons (Fsp3) is 0.471. The van der Waals surface area contributed by atoms with Gasteiger partial charge in [-0.2, -0.15) is 0 Å². The molecule has 114 valence electrons. The normalized spacial score (nSPS) is 16.2. The van der Waals surface area contributed by atoms with Crippen LogP contribution in [-0.4, -0.2) is 38.1 Å². The third-order valence-corrected chi connectivity index (χ3v) is 3.63. The molecule has 0 bridgehead atoms. The molecule has 1 aromatic carbocycles. The fourth-order valence-electron chi connectivity index (χ4n) is 2.55. The zero-order chi connectivity index (χ0) is 15.1. The molecule has 2 rings (SSSR count). The molecule has 0 atom stereocenters. The largest absolute Gasteiger partial charge is 0.372 e. The van der Waals surface area contributed by atoms with E-state index in [1.807, 2.05) is 6.08 Å². The van der Waals surface area contributed by atoms with Gasteiger partial charge in [0.05, 0.1) is 0 Å². The van der Waals surface area contributed by atoms with E-state index in [1.54, 1.807) is 25.2 Å². The van der Waals surface area contributed by atoms with Crippen molar-refractivity contribution >= 4 is 17.7 Å². The number of hydrazine groups is 1. The molecule has 0 spiro atoms. The Morgan fingerprint density at radius 3 is 2.29 bits per heavy atom. The third kappa shape index (κ3) is 5.23. The van der Waals surface area contributed by atoms with Crippen molar-refractivity contribution in [1.82, 2.24) is 10.4 Å². The van der Waals surface area contributed by atoms with Gasteiger partial charge < -0.3 is 4.90 Å². The lowest BCUT2D eigenvalue weighted by Gasteiger charge is -2.22. The van der Waals surface area contributed by atoms with Gasteiger partial charge in [-0.1, -0.05) is 25.0 Å². The molecule has 1 amide bonds. The lowest BCUT2D eigenvalue weighted by Crippen LogP contribution is -2.34. The lowest BCUT2D eigenvalue weighted by atomic mass is 10.1. The summed E-state index contributed by atoms with van der Waals surface area (Å²) in [5.41, 5.74) is 5.01. The predicted octanol–water partition coefficient (Wildman–Crippen LogP) is 2.67. The van der Waals surface area contributed by atoms with Crippen LogP contribution in [0.4, 0.5) is 5.69 Å². The van der Waals surface area contributed by atoms with Crippen molar-refractivity contribution in [3.8, 4) is 0 Å². The summed E-state index contributed by atoms with van der Waals surface area (Å²) in [4.78, 5) is 14.0. The molecule has 0 unspecified atom stereocenters. The number of amides is 1. The molecule has 4 nitrogen and oxygen atoms in total. The van der Waals surface area contributed by atoms with Crippen molar-refractivity contribution < 1.29 is 4.79 Å². The summed E-state index contributed by atoms with van der Waals surface area (Å²) in [5.74, 6) is -0.114. The molecule has 0 aromatic heterocycles. The molecule has 1 heterocycles. The van der Waals surface area contributed by atoms with Gasteiger partial charge in [0.2, 0.25) is 0 Å². The molecule has 0 radical (unpaired) electrons. The van der Waals surface area contributed by atoms with Gasteiger partial charge in [0.15, 0.2) is 0 Å². The van der Waals surface area contributed by atoms with Crippen LogP contribution in [0.1, 0.15) is 31.2 Å². The Morgan fingerprint density at radius 2 is 1.71 bits per heavy atom. The van der Waals surface area contributed by atoms with Crippen molar-refractivity contribution in [2.45, 2.75) is 25.7 Å². The van der Waals surface area contributed by atoms with E-state index < -0.39 is 0 Å². The van der Waals surface area contributed by atoms with E-state index in [1.165, 1.54) is 31.4 Å². The zero-order valence-corrected chi connectivity index (χ0v) is 13.0. The Kier molecular flexibility index (Phi) is 5.81. The van der Waals surface area contributed by atoms with Gasteiger partial charge in [0, 0.05) is 38.9 Å². The van der Waals surface area contributed by atoms with Crippen molar-refractivity contribution in [3.05, 3.63) is 35.9 Å². The van der Waals surface area contributed by atoms with Crippen molar-refractivity contribution in [2.75, 3.05) is 32.1 Å². The lowest BCUT2D eigenvalue weighted by molar-refractivity contribution is -0.119. The number of hydrogen-bond acceptors (Lipinski definition) is 3. The molecule has 0 saturated carbocycles. The summed E-state index contributed by atoms with van der Waals surface area (Å²) in [7, 11) is 3.59. The summed E-state index contributed by atoms with van der Waals surface area (Å²) >= 11 is 0. The van der Waals surface area contributed by atoms with Gasteiger partial charge in [0.1, 0.15) is 0 Å². The first-order chi connectivity index (χ1) is 10.1. The minimum absolute atomic E-state index is 0.114. The first-order valence-electron chi connectivity index (χ1n) is 7.66. The minimum atomic E-state index is -0.114. The monoisotopic (exact) mass is 287 g/mol. The maximum atomic E-state index is 11.5. The highest BCUT2D eigenvalue weighted by Crippen LogP contribution is 2.20. The van der Waals surface area contributed by atoms with E-state index >= 15 is 0 Å². The Morgan fingerprint density at radius 1 is 1.10 bits per heavy atom. The van der Waals surface area contributed by atoms with E-state index in [0.29, 0.717) is 0 Å². The third-order valence-electron chi connectivity index (χ3n) is 3.63.